The minimum atomic E-state index is 0.562. The number of hydrogen-bond donors (Lipinski definition) is 2. The lowest BCUT2D eigenvalue weighted by Crippen LogP contribution is -2.50. The monoisotopic (exact) mass is 194 g/mol. The Labute approximate surface area is 84.7 Å². The molecule has 0 amide bonds. The summed E-state index contributed by atoms with van der Waals surface area (Å²) in [4.78, 5) is 2.43. The molecule has 1 atom stereocenters. The van der Waals surface area contributed by atoms with Crippen molar-refractivity contribution in [1.82, 2.24) is 15.5 Å². The van der Waals surface area contributed by atoms with Crippen LogP contribution in [0.3, 0.4) is 0 Å². The number of aryl methyl sites for hydroxylation is 1. The number of nitrogens with zero attached hydrogens (tertiary/aromatic N) is 2. The number of H-pyrrole nitrogens is 1. The molecular weight excluding hydrogens is 176 g/mol. The summed E-state index contributed by atoms with van der Waals surface area (Å²) in [6, 6.07) is 0.562. The number of anilines is 1. The van der Waals surface area contributed by atoms with E-state index in [1.165, 1.54) is 11.4 Å². The highest BCUT2D eigenvalue weighted by Crippen LogP contribution is 2.21. The van der Waals surface area contributed by atoms with Crippen molar-refractivity contribution in [3.63, 3.8) is 0 Å². The Morgan fingerprint density at radius 1 is 1.64 bits per heavy atom. The second-order valence-corrected chi connectivity index (χ2v) is 3.83. The third kappa shape index (κ3) is 1.62. The van der Waals surface area contributed by atoms with Gasteiger partial charge in [-0.3, -0.25) is 5.10 Å². The lowest BCUT2D eigenvalue weighted by Gasteiger charge is -2.35. The average molecular weight is 194 g/mol. The number of aromatic amines is 1. The van der Waals surface area contributed by atoms with Crippen LogP contribution < -0.4 is 10.2 Å². The number of hydrogen-bond acceptors (Lipinski definition) is 3. The smallest absolute Gasteiger partial charge is 0.0785 e. The van der Waals surface area contributed by atoms with E-state index in [-0.39, 0.29) is 0 Å². The van der Waals surface area contributed by atoms with Crippen LogP contribution in [0.4, 0.5) is 5.69 Å². The van der Waals surface area contributed by atoms with Gasteiger partial charge in [0.2, 0.25) is 0 Å². The van der Waals surface area contributed by atoms with Crippen molar-refractivity contribution >= 4 is 5.69 Å². The molecule has 4 heteroatoms. The third-order valence-electron chi connectivity index (χ3n) is 2.86. The van der Waals surface area contributed by atoms with E-state index in [2.05, 4.69) is 34.3 Å². The molecule has 1 unspecified atom stereocenters. The van der Waals surface area contributed by atoms with Crippen molar-refractivity contribution in [2.75, 3.05) is 24.5 Å². The lowest BCUT2D eigenvalue weighted by molar-refractivity contribution is 0.500. The Kier molecular flexibility index (Phi) is 2.72. The molecule has 0 spiro atoms. The van der Waals surface area contributed by atoms with Crippen LogP contribution >= 0.6 is 0 Å². The van der Waals surface area contributed by atoms with Gasteiger partial charge in [0.1, 0.15) is 0 Å². The van der Waals surface area contributed by atoms with Crippen LogP contribution in [0.25, 0.3) is 0 Å². The zero-order valence-electron chi connectivity index (χ0n) is 8.88. The van der Waals surface area contributed by atoms with Gasteiger partial charge in [-0.15, -0.1) is 0 Å². The maximum Gasteiger partial charge on any atom is 0.0785 e. The molecule has 1 saturated heterocycles. The van der Waals surface area contributed by atoms with Gasteiger partial charge < -0.3 is 10.2 Å². The Morgan fingerprint density at radius 3 is 3.21 bits per heavy atom. The van der Waals surface area contributed by atoms with E-state index < -0.39 is 0 Å². The first-order valence-corrected chi connectivity index (χ1v) is 5.32. The summed E-state index contributed by atoms with van der Waals surface area (Å²) in [5.41, 5.74) is 2.53. The lowest BCUT2D eigenvalue weighted by atomic mass is 10.2. The van der Waals surface area contributed by atoms with Crippen LogP contribution in [0.1, 0.15) is 19.5 Å². The fourth-order valence-corrected chi connectivity index (χ4v) is 2.01. The van der Waals surface area contributed by atoms with Crippen molar-refractivity contribution in [2.24, 2.45) is 0 Å². The Hall–Kier alpha value is -1.03. The SMILES string of the molecule is CCc1[nH]ncc1N1CCNCC1C. The van der Waals surface area contributed by atoms with Crippen LogP contribution in [0, 0.1) is 0 Å². The molecule has 2 heterocycles. The highest BCUT2D eigenvalue weighted by Gasteiger charge is 2.20. The van der Waals surface area contributed by atoms with Gasteiger partial charge in [0.15, 0.2) is 0 Å². The molecular formula is C10H18N4. The highest BCUT2D eigenvalue weighted by molar-refractivity contribution is 5.50. The molecule has 2 rings (SSSR count). The Bertz CT molecular complexity index is 294. The quantitative estimate of drug-likeness (QED) is 0.731. The van der Waals surface area contributed by atoms with Gasteiger partial charge in [-0.1, -0.05) is 6.92 Å². The predicted octanol–water partition coefficient (Wildman–Crippen LogP) is 0.770. The highest BCUT2D eigenvalue weighted by atomic mass is 15.3. The van der Waals surface area contributed by atoms with E-state index in [1.807, 2.05) is 6.20 Å². The largest absolute Gasteiger partial charge is 0.364 e. The molecule has 1 aromatic rings. The summed E-state index contributed by atoms with van der Waals surface area (Å²) in [7, 11) is 0. The number of nitrogens with one attached hydrogen (secondary N) is 2. The molecule has 2 N–H and O–H groups in total. The molecule has 0 bridgehead atoms. The molecule has 1 fully saturated rings. The van der Waals surface area contributed by atoms with Gasteiger partial charge >= 0.3 is 0 Å². The molecule has 1 aliphatic rings. The van der Waals surface area contributed by atoms with Gasteiger partial charge in [-0.25, -0.2) is 0 Å². The number of aromatic nitrogens is 2. The predicted molar refractivity (Wildman–Crippen MR) is 57.6 cm³/mol. The van der Waals surface area contributed by atoms with E-state index >= 15 is 0 Å². The molecule has 0 aromatic carbocycles. The topological polar surface area (TPSA) is 44.0 Å². The van der Waals surface area contributed by atoms with E-state index in [0.717, 1.165) is 26.1 Å². The second-order valence-electron chi connectivity index (χ2n) is 3.83. The molecule has 4 nitrogen and oxygen atoms in total. The molecule has 0 aliphatic carbocycles. The van der Waals surface area contributed by atoms with Crippen LogP contribution in [-0.2, 0) is 6.42 Å². The van der Waals surface area contributed by atoms with Crippen LogP contribution in [0.5, 0.6) is 0 Å². The standard InChI is InChI=1S/C10H18N4/c1-3-9-10(7-12-13-9)14-5-4-11-6-8(14)2/h7-8,11H,3-6H2,1-2H3,(H,12,13). The first kappa shape index (κ1) is 9.52. The van der Waals surface area contributed by atoms with Gasteiger partial charge in [-0.05, 0) is 13.3 Å². The summed E-state index contributed by atoms with van der Waals surface area (Å²) in [6.07, 6.45) is 2.96. The molecule has 1 aromatic heterocycles. The first-order chi connectivity index (χ1) is 6.83. The summed E-state index contributed by atoms with van der Waals surface area (Å²) < 4.78 is 0. The van der Waals surface area contributed by atoms with Gasteiger partial charge in [0.25, 0.3) is 0 Å². The zero-order valence-corrected chi connectivity index (χ0v) is 8.88. The first-order valence-electron chi connectivity index (χ1n) is 5.32. The average Bonchev–Trinajstić information content (AvgIpc) is 2.66. The van der Waals surface area contributed by atoms with Crippen molar-refractivity contribution in [2.45, 2.75) is 26.3 Å². The normalized spacial score (nSPS) is 22.7. The zero-order chi connectivity index (χ0) is 9.97. The van der Waals surface area contributed by atoms with Crippen LogP contribution in [-0.4, -0.2) is 35.9 Å². The fourth-order valence-electron chi connectivity index (χ4n) is 2.01. The maximum atomic E-state index is 4.12. The minimum Gasteiger partial charge on any atom is -0.364 e. The van der Waals surface area contributed by atoms with Crippen molar-refractivity contribution in [3.8, 4) is 0 Å². The molecule has 78 valence electrons. The molecule has 14 heavy (non-hydrogen) atoms. The maximum absolute atomic E-state index is 4.12. The van der Waals surface area contributed by atoms with Crippen LogP contribution in [0.2, 0.25) is 0 Å². The van der Waals surface area contributed by atoms with Gasteiger partial charge in [0.05, 0.1) is 17.6 Å². The Balaban J connectivity index is 2.20. The molecule has 0 radical (unpaired) electrons. The number of piperazine rings is 1. The van der Waals surface area contributed by atoms with Crippen molar-refractivity contribution in [3.05, 3.63) is 11.9 Å². The van der Waals surface area contributed by atoms with E-state index in [1.54, 1.807) is 0 Å². The van der Waals surface area contributed by atoms with E-state index in [9.17, 15) is 0 Å². The third-order valence-corrected chi connectivity index (χ3v) is 2.86. The summed E-state index contributed by atoms with van der Waals surface area (Å²) >= 11 is 0. The van der Waals surface area contributed by atoms with Crippen LogP contribution in [0.15, 0.2) is 6.20 Å². The van der Waals surface area contributed by atoms with Crippen molar-refractivity contribution in [1.29, 1.82) is 0 Å². The minimum absolute atomic E-state index is 0.562. The van der Waals surface area contributed by atoms with E-state index in [0.29, 0.717) is 6.04 Å². The summed E-state index contributed by atoms with van der Waals surface area (Å²) in [5.74, 6) is 0. The van der Waals surface area contributed by atoms with Crippen molar-refractivity contribution < 1.29 is 0 Å². The molecule has 1 aliphatic heterocycles. The second kappa shape index (κ2) is 4.00. The van der Waals surface area contributed by atoms with Gasteiger partial charge in [-0.2, -0.15) is 5.10 Å². The Morgan fingerprint density at radius 2 is 2.50 bits per heavy atom. The van der Waals surface area contributed by atoms with Gasteiger partial charge in [0, 0.05) is 25.7 Å². The summed E-state index contributed by atoms with van der Waals surface area (Å²) in [5, 5.41) is 10.6. The molecule has 0 saturated carbocycles. The van der Waals surface area contributed by atoms with E-state index in [4.69, 9.17) is 0 Å². The number of rotatable bonds is 2. The fraction of sp³-hybridized carbons (Fsp3) is 0.700. The summed E-state index contributed by atoms with van der Waals surface area (Å²) in [6.45, 7) is 7.61.